The molecule has 0 bridgehead atoms. The highest BCUT2D eigenvalue weighted by Crippen LogP contribution is 2.46. The van der Waals surface area contributed by atoms with Gasteiger partial charge in [-0.3, -0.25) is 15.1 Å². The zero-order valence-corrected chi connectivity index (χ0v) is 14.8. The Morgan fingerprint density at radius 1 is 1.19 bits per heavy atom. The predicted molar refractivity (Wildman–Crippen MR) is 106 cm³/mol. The molecule has 1 aliphatic rings. The zero-order valence-electron chi connectivity index (χ0n) is 14.0. The Balaban J connectivity index is 1.61. The number of nitro groups is 1. The van der Waals surface area contributed by atoms with Gasteiger partial charge in [-0.1, -0.05) is 42.1 Å². The summed E-state index contributed by atoms with van der Waals surface area (Å²) in [6.07, 6.45) is 7.88. The molecule has 2 aromatic carbocycles. The molecule has 1 aromatic heterocycles. The van der Waals surface area contributed by atoms with Crippen LogP contribution >= 0.6 is 11.8 Å². The third-order valence-corrected chi connectivity index (χ3v) is 5.42. The lowest BCUT2D eigenvalue weighted by molar-refractivity contribution is -0.385. The van der Waals surface area contributed by atoms with E-state index in [-0.39, 0.29) is 10.6 Å². The average Bonchev–Trinajstić information content (AvgIpc) is 2.97. The molecule has 0 radical (unpaired) electrons. The van der Waals surface area contributed by atoms with E-state index in [1.165, 1.54) is 17.8 Å². The van der Waals surface area contributed by atoms with Crippen molar-refractivity contribution >= 4 is 40.1 Å². The first kappa shape index (κ1) is 16.4. The molecule has 5 nitrogen and oxygen atoms in total. The molecule has 26 heavy (non-hydrogen) atoms. The van der Waals surface area contributed by atoms with E-state index in [2.05, 4.69) is 17.1 Å². The van der Waals surface area contributed by atoms with Gasteiger partial charge in [0.05, 0.1) is 21.2 Å². The van der Waals surface area contributed by atoms with Crippen LogP contribution in [-0.2, 0) is 0 Å². The fourth-order valence-corrected chi connectivity index (χ4v) is 4.01. The highest BCUT2D eigenvalue weighted by atomic mass is 32.2. The number of hydrogen-bond donors (Lipinski definition) is 0. The van der Waals surface area contributed by atoms with Gasteiger partial charge in [0.2, 0.25) is 0 Å². The van der Waals surface area contributed by atoms with Crippen LogP contribution in [0.3, 0.4) is 0 Å². The van der Waals surface area contributed by atoms with Gasteiger partial charge in [-0.25, -0.2) is 0 Å². The van der Waals surface area contributed by atoms with E-state index in [4.69, 9.17) is 0 Å². The number of anilines is 1. The van der Waals surface area contributed by atoms with Crippen molar-refractivity contribution in [1.82, 2.24) is 4.98 Å². The molecule has 1 aliphatic heterocycles. The minimum Gasteiger partial charge on any atom is -0.338 e. The monoisotopic (exact) mass is 361 g/mol. The second-order valence-corrected chi connectivity index (χ2v) is 6.91. The van der Waals surface area contributed by atoms with Crippen molar-refractivity contribution in [2.75, 3.05) is 11.9 Å². The van der Waals surface area contributed by atoms with Crippen molar-refractivity contribution in [2.24, 2.45) is 0 Å². The maximum absolute atomic E-state index is 11.0. The summed E-state index contributed by atoms with van der Waals surface area (Å²) in [5.41, 5.74) is 3.17. The van der Waals surface area contributed by atoms with Gasteiger partial charge >= 0.3 is 0 Å². The van der Waals surface area contributed by atoms with Crippen LogP contribution in [-0.4, -0.2) is 17.0 Å². The number of non-ortho nitro benzene ring substituents is 1. The summed E-state index contributed by atoms with van der Waals surface area (Å²) in [6.45, 7) is 0. The Hall–Kier alpha value is -3.12. The molecule has 0 unspecified atom stereocenters. The van der Waals surface area contributed by atoms with Crippen molar-refractivity contribution in [3.63, 3.8) is 0 Å². The van der Waals surface area contributed by atoms with Crippen LogP contribution in [0, 0.1) is 10.1 Å². The number of nitrogens with zero attached hydrogens (tertiary/aromatic N) is 3. The first-order chi connectivity index (χ1) is 12.6. The quantitative estimate of drug-likeness (QED) is 0.472. The van der Waals surface area contributed by atoms with E-state index in [0.29, 0.717) is 0 Å². The second-order valence-electron chi connectivity index (χ2n) is 5.85. The van der Waals surface area contributed by atoms with Gasteiger partial charge in [0.15, 0.2) is 0 Å². The number of nitro benzene ring substituents is 1. The molecule has 2 heterocycles. The van der Waals surface area contributed by atoms with Gasteiger partial charge < -0.3 is 4.90 Å². The normalized spacial score (nSPS) is 15.1. The number of rotatable bonds is 3. The van der Waals surface area contributed by atoms with Crippen LogP contribution in [0.15, 0.2) is 76.8 Å². The van der Waals surface area contributed by atoms with E-state index in [1.54, 1.807) is 18.3 Å². The first-order valence-corrected chi connectivity index (χ1v) is 8.87. The Morgan fingerprint density at radius 3 is 2.88 bits per heavy atom. The predicted octanol–water partition coefficient (Wildman–Crippen LogP) is 5.24. The molecule has 0 spiro atoms. The lowest BCUT2D eigenvalue weighted by Gasteiger charge is -2.12. The number of para-hydroxylation sites is 1. The molecular weight excluding hydrogens is 346 g/mol. The third-order valence-electron chi connectivity index (χ3n) is 4.26. The van der Waals surface area contributed by atoms with Crippen molar-refractivity contribution in [3.05, 3.63) is 87.6 Å². The van der Waals surface area contributed by atoms with Gasteiger partial charge in [0, 0.05) is 35.7 Å². The van der Waals surface area contributed by atoms with E-state index >= 15 is 0 Å². The first-order valence-electron chi connectivity index (χ1n) is 8.05. The summed E-state index contributed by atoms with van der Waals surface area (Å²) in [5, 5.41) is 13.1. The molecule has 0 fully saturated rings. The minimum atomic E-state index is -0.364. The Kier molecular flexibility index (Phi) is 4.18. The summed E-state index contributed by atoms with van der Waals surface area (Å²) in [7, 11) is 1.96. The molecule has 0 aliphatic carbocycles. The number of aromatic nitrogens is 1. The number of benzene rings is 2. The molecule has 128 valence electrons. The Bertz CT molecular complexity index is 1070. The molecule has 4 rings (SSSR count). The molecular formula is C20H15N3O2S. The van der Waals surface area contributed by atoms with Gasteiger partial charge in [0.1, 0.15) is 0 Å². The lowest BCUT2D eigenvalue weighted by atomic mass is 10.1. The van der Waals surface area contributed by atoms with Gasteiger partial charge in [-0.2, -0.15) is 0 Å². The van der Waals surface area contributed by atoms with Crippen LogP contribution in [0.2, 0.25) is 0 Å². The minimum absolute atomic E-state index is 0.115. The SMILES string of the molecule is CN1/C(=C/C=C/c2ccnc3ccccc23)Sc2cc([N+](=O)[O-])ccc21. The number of fused-ring (bicyclic) bond motifs is 2. The molecule has 0 N–H and O–H groups in total. The van der Waals surface area contributed by atoms with E-state index < -0.39 is 0 Å². The average molecular weight is 361 g/mol. The summed E-state index contributed by atoms with van der Waals surface area (Å²) in [4.78, 5) is 17.9. The van der Waals surface area contributed by atoms with E-state index in [1.807, 2.05) is 48.4 Å². The van der Waals surface area contributed by atoms with Crippen LogP contribution in [0.25, 0.3) is 17.0 Å². The standard InChI is InChI=1S/C20H15N3O2S/c1-22-18-10-9-15(23(24)25)13-19(18)26-20(22)8-4-5-14-11-12-21-17-7-3-2-6-16(14)17/h2-13H,1H3/b5-4+,20-8-. The van der Waals surface area contributed by atoms with Crippen LogP contribution < -0.4 is 4.90 Å². The maximum Gasteiger partial charge on any atom is 0.270 e. The van der Waals surface area contributed by atoms with Crippen LogP contribution in [0.5, 0.6) is 0 Å². The van der Waals surface area contributed by atoms with E-state index in [9.17, 15) is 10.1 Å². The molecule has 0 atom stereocenters. The fraction of sp³-hybridized carbons (Fsp3) is 0.0500. The lowest BCUT2D eigenvalue weighted by Crippen LogP contribution is -2.09. The molecule has 3 aromatic rings. The number of allylic oxidation sites excluding steroid dienone is 2. The van der Waals surface area contributed by atoms with Crippen LogP contribution in [0.1, 0.15) is 5.56 Å². The molecule has 6 heteroatoms. The Morgan fingerprint density at radius 2 is 2.04 bits per heavy atom. The van der Waals surface area contributed by atoms with Crippen molar-refractivity contribution in [3.8, 4) is 0 Å². The van der Waals surface area contributed by atoms with Gasteiger partial charge in [-0.05, 0) is 29.8 Å². The number of thioether (sulfide) groups is 1. The topological polar surface area (TPSA) is 59.3 Å². The van der Waals surface area contributed by atoms with Gasteiger partial charge in [-0.15, -0.1) is 0 Å². The maximum atomic E-state index is 11.0. The smallest absolute Gasteiger partial charge is 0.270 e. The second kappa shape index (κ2) is 6.65. The molecule has 0 saturated heterocycles. The Labute approximate surface area is 154 Å². The van der Waals surface area contributed by atoms with Crippen molar-refractivity contribution < 1.29 is 4.92 Å². The number of hydrogen-bond acceptors (Lipinski definition) is 5. The summed E-state index contributed by atoms with van der Waals surface area (Å²) in [5.74, 6) is 0. The summed E-state index contributed by atoms with van der Waals surface area (Å²) in [6, 6.07) is 15.0. The van der Waals surface area contributed by atoms with E-state index in [0.717, 1.165) is 32.1 Å². The highest BCUT2D eigenvalue weighted by Gasteiger charge is 2.23. The fourth-order valence-electron chi connectivity index (χ4n) is 2.92. The van der Waals surface area contributed by atoms with Gasteiger partial charge in [0.25, 0.3) is 5.69 Å². The van der Waals surface area contributed by atoms with Crippen molar-refractivity contribution in [1.29, 1.82) is 0 Å². The summed E-state index contributed by atoms with van der Waals surface area (Å²) >= 11 is 1.53. The zero-order chi connectivity index (χ0) is 18.1. The number of pyridine rings is 1. The molecule has 0 amide bonds. The van der Waals surface area contributed by atoms with Crippen molar-refractivity contribution in [2.45, 2.75) is 4.90 Å². The molecule has 0 saturated carbocycles. The largest absolute Gasteiger partial charge is 0.338 e. The summed E-state index contributed by atoms with van der Waals surface area (Å²) < 4.78 is 0. The highest BCUT2D eigenvalue weighted by molar-refractivity contribution is 8.03. The van der Waals surface area contributed by atoms with Crippen LogP contribution in [0.4, 0.5) is 11.4 Å². The third kappa shape index (κ3) is 2.95.